The maximum absolute atomic E-state index is 10.9. The third-order valence-corrected chi connectivity index (χ3v) is 2.65. The second kappa shape index (κ2) is 4.03. The van der Waals surface area contributed by atoms with Crippen LogP contribution < -0.4 is 0 Å². The first-order valence-electron chi connectivity index (χ1n) is 4.37. The van der Waals surface area contributed by atoms with Gasteiger partial charge in [0.2, 0.25) is 0 Å². The zero-order chi connectivity index (χ0) is 9.03. The molecule has 0 heterocycles. The SMILES string of the molecule is CS(=N)(=O)/N=C/C1CCCCC1. The fourth-order valence-corrected chi connectivity index (χ4v) is 1.89. The van der Waals surface area contributed by atoms with E-state index in [1.807, 2.05) is 0 Å². The average molecular weight is 188 g/mol. The topological polar surface area (TPSA) is 53.3 Å². The number of nitrogens with one attached hydrogen (secondary N) is 1. The number of hydrogen-bond donors (Lipinski definition) is 1. The van der Waals surface area contributed by atoms with E-state index in [-0.39, 0.29) is 0 Å². The molecule has 0 aromatic heterocycles. The third-order valence-electron chi connectivity index (χ3n) is 2.12. The molecule has 0 bridgehead atoms. The number of nitrogens with zero attached hydrogens (tertiary/aromatic N) is 1. The molecule has 0 aromatic rings. The van der Waals surface area contributed by atoms with Gasteiger partial charge in [0.25, 0.3) is 0 Å². The van der Waals surface area contributed by atoms with Gasteiger partial charge >= 0.3 is 0 Å². The molecule has 0 spiro atoms. The summed E-state index contributed by atoms with van der Waals surface area (Å²) in [6.45, 7) is 0. The van der Waals surface area contributed by atoms with Gasteiger partial charge in [0, 0.05) is 12.5 Å². The van der Waals surface area contributed by atoms with Gasteiger partial charge in [0.1, 0.15) is 9.92 Å². The van der Waals surface area contributed by atoms with Gasteiger partial charge in [-0.3, -0.25) is 0 Å². The van der Waals surface area contributed by atoms with Crippen molar-refractivity contribution < 1.29 is 4.21 Å². The monoisotopic (exact) mass is 188 g/mol. The number of hydrogen-bond acceptors (Lipinski definition) is 2. The van der Waals surface area contributed by atoms with Crippen LogP contribution in [0.1, 0.15) is 32.1 Å². The first-order chi connectivity index (χ1) is 5.58. The van der Waals surface area contributed by atoms with Crippen LogP contribution >= 0.6 is 0 Å². The minimum absolute atomic E-state index is 0.477. The average Bonchev–Trinajstić information content (AvgIpc) is 2.02. The molecular formula is C8H16N2OS. The van der Waals surface area contributed by atoms with Crippen molar-refractivity contribution in [2.45, 2.75) is 32.1 Å². The summed E-state index contributed by atoms with van der Waals surface area (Å²) in [7, 11) is -2.65. The maximum Gasteiger partial charge on any atom is 0.144 e. The van der Waals surface area contributed by atoms with Crippen LogP contribution in [-0.4, -0.2) is 16.7 Å². The van der Waals surface area contributed by atoms with Crippen molar-refractivity contribution in [2.75, 3.05) is 6.26 Å². The Kier molecular flexibility index (Phi) is 3.26. The highest BCUT2D eigenvalue weighted by Crippen LogP contribution is 2.21. The minimum atomic E-state index is -2.65. The number of rotatable bonds is 2. The lowest BCUT2D eigenvalue weighted by Crippen LogP contribution is -2.08. The van der Waals surface area contributed by atoms with Gasteiger partial charge in [-0.25, -0.2) is 8.99 Å². The largest absolute Gasteiger partial charge is 0.235 e. The Labute approximate surface area is 74.4 Å². The second-order valence-corrected chi connectivity index (χ2v) is 5.27. The summed E-state index contributed by atoms with van der Waals surface area (Å²) < 4.78 is 21.7. The van der Waals surface area contributed by atoms with Gasteiger partial charge in [0.15, 0.2) is 0 Å². The molecule has 1 aliphatic rings. The Morgan fingerprint density at radius 2 is 2.00 bits per heavy atom. The molecule has 3 nitrogen and oxygen atoms in total. The molecular weight excluding hydrogens is 172 g/mol. The first-order valence-corrected chi connectivity index (χ1v) is 6.29. The fourth-order valence-electron chi connectivity index (χ4n) is 1.49. The predicted octanol–water partition coefficient (Wildman–Crippen LogP) is 2.23. The predicted molar refractivity (Wildman–Crippen MR) is 51.9 cm³/mol. The molecule has 12 heavy (non-hydrogen) atoms. The molecule has 1 aliphatic carbocycles. The third kappa shape index (κ3) is 3.85. The molecule has 0 saturated heterocycles. The first kappa shape index (κ1) is 9.71. The van der Waals surface area contributed by atoms with Crippen LogP contribution in [0, 0.1) is 10.7 Å². The van der Waals surface area contributed by atoms with Crippen molar-refractivity contribution in [3.05, 3.63) is 0 Å². The zero-order valence-electron chi connectivity index (χ0n) is 7.45. The highest BCUT2D eigenvalue weighted by atomic mass is 32.2. The van der Waals surface area contributed by atoms with E-state index in [0.29, 0.717) is 5.92 Å². The standard InChI is InChI=1S/C8H16N2OS/c1-12(9,11)10-7-8-5-3-2-4-6-8/h7-9H,2-6H2,1H3/b10-7+. The summed E-state index contributed by atoms with van der Waals surface area (Å²) in [5.41, 5.74) is 0. The minimum Gasteiger partial charge on any atom is -0.235 e. The molecule has 1 unspecified atom stereocenters. The summed E-state index contributed by atoms with van der Waals surface area (Å²) in [5.74, 6) is 0.477. The van der Waals surface area contributed by atoms with Crippen LogP contribution in [0.3, 0.4) is 0 Å². The molecule has 1 rings (SSSR count). The van der Waals surface area contributed by atoms with E-state index in [4.69, 9.17) is 4.78 Å². The molecule has 0 radical (unpaired) electrons. The van der Waals surface area contributed by atoms with Crippen molar-refractivity contribution in [1.29, 1.82) is 4.78 Å². The van der Waals surface area contributed by atoms with E-state index in [1.54, 1.807) is 6.21 Å². The van der Waals surface area contributed by atoms with E-state index >= 15 is 0 Å². The summed E-state index contributed by atoms with van der Waals surface area (Å²) in [4.78, 5) is 0. The van der Waals surface area contributed by atoms with E-state index in [2.05, 4.69) is 4.40 Å². The van der Waals surface area contributed by atoms with Gasteiger partial charge in [-0.15, -0.1) is 0 Å². The van der Waals surface area contributed by atoms with Gasteiger partial charge in [-0.1, -0.05) is 19.3 Å². The second-order valence-electron chi connectivity index (χ2n) is 3.46. The lowest BCUT2D eigenvalue weighted by Gasteiger charge is -2.16. The van der Waals surface area contributed by atoms with E-state index in [1.165, 1.54) is 25.5 Å². The van der Waals surface area contributed by atoms with Crippen LogP contribution in [0.4, 0.5) is 0 Å². The van der Waals surface area contributed by atoms with Gasteiger partial charge in [-0.2, -0.15) is 4.40 Å². The van der Waals surface area contributed by atoms with Gasteiger partial charge in [0.05, 0.1) is 0 Å². The van der Waals surface area contributed by atoms with E-state index in [9.17, 15) is 4.21 Å². The molecule has 70 valence electrons. The summed E-state index contributed by atoms with van der Waals surface area (Å²) in [6, 6.07) is 0. The van der Waals surface area contributed by atoms with Crippen LogP contribution in [0.5, 0.6) is 0 Å². The molecule has 1 fully saturated rings. The van der Waals surface area contributed by atoms with Crippen molar-refractivity contribution in [1.82, 2.24) is 0 Å². The molecule has 1 atom stereocenters. The summed E-state index contributed by atoms with van der Waals surface area (Å²) in [5, 5.41) is 0. The Bertz CT molecular complexity index is 250. The highest BCUT2D eigenvalue weighted by Gasteiger charge is 2.10. The van der Waals surface area contributed by atoms with Crippen LogP contribution in [0.15, 0.2) is 4.40 Å². The van der Waals surface area contributed by atoms with Crippen molar-refractivity contribution >= 4 is 16.1 Å². The van der Waals surface area contributed by atoms with E-state index in [0.717, 1.165) is 12.8 Å². The molecule has 4 heteroatoms. The quantitative estimate of drug-likeness (QED) is 0.664. The summed E-state index contributed by atoms with van der Waals surface area (Å²) in [6.07, 6.45) is 9.20. The van der Waals surface area contributed by atoms with E-state index < -0.39 is 9.92 Å². The Hall–Kier alpha value is -0.380. The molecule has 0 aliphatic heterocycles. The maximum atomic E-state index is 10.9. The van der Waals surface area contributed by atoms with Crippen LogP contribution in [0.2, 0.25) is 0 Å². The summed E-state index contributed by atoms with van der Waals surface area (Å²) >= 11 is 0. The highest BCUT2D eigenvalue weighted by molar-refractivity contribution is 7.90. The van der Waals surface area contributed by atoms with Crippen molar-refractivity contribution in [3.63, 3.8) is 0 Å². The Balaban J connectivity index is 2.44. The molecule has 1 N–H and O–H groups in total. The molecule has 1 saturated carbocycles. The smallest absolute Gasteiger partial charge is 0.144 e. The lowest BCUT2D eigenvalue weighted by atomic mass is 9.90. The van der Waals surface area contributed by atoms with Crippen molar-refractivity contribution in [2.24, 2.45) is 10.3 Å². The van der Waals surface area contributed by atoms with Crippen molar-refractivity contribution in [3.8, 4) is 0 Å². The molecule has 0 amide bonds. The van der Waals surface area contributed by atoms with Gasteiger partial charge < -0.3 is 0 Å². The Morgan fingerprint density at radius 3 is 2.50 bits per heavy atom. The zero-order valence-corrected chi connectivity index (χ0v) is 8.27. The molecule has 0 aromatic carbocycles. The van der Waals surface area contributed by atoms with Crippen LogP contribution in [-0.2, 0) is 9.92 Å². The van der Waals surface area contributed by atoms with Gasteiger partial charge in [-0.05, 0) is 18.8 Å². The normalized spacial score (nSPS) is 25.8. The lowest BCUT2D eigenvalue weighted by molar-refractivity contribution is 0.445. The Morgan fingerprint density at radius 1 is 1.42 bits per heavy atom. The van der Waals surface area contributed by atoms with Crippen LogP contribution in [0.25, 0.3) is 0 Å². The fraction of sp³-hybridized carbons (Fsp3) is 0.875.